The van der Waals surface area contributed by atoms with Gasteiger partial charge in [-0.05, 0) is 21.0 Å². The minimum absolute atomic E-state index is 0.0883. The average Bonchev–Trinajstić information content (AvgIpc) is 1.84. The average molecular weight is 174 g/mol. The molecule has 0 aromatic rings. The first-order valence-corrected chi connectivity index (χ1v) is 4.06. The van der Waals surface area contributed by atoms with Crippen molar-refractivity contribution in [2.24, 2.45) is 5.92 Å². The van der Waals surface area contributed by atoms with E-state index in [2.05, 4.69) is 5.32 Å². The van der Waals surface area contributed by atoms with Crippen molar-refractivity contribution in [2.45, 2.75) is 20.1 Å². The van der Waals surface area contributed by atoms with Gasteiger partial charge in [0.25, 0.3) is 0 Å². The monoisotopic (exact) mass is 174 g/mol. The van der Waals surface area contributed by atoms with Gasteiger partial charge in [0.15, 0.2) is 0 Å². The second-order valence-corrected chi connectivity index (χ2v) is 3.35. The molecular weight excluding hydrogens is 156 g/mol. The lowest BCUT2D eigenvalue weighted by Gasteiger charge is -2.17. The van der Waals surface area contributed by atoms with Crippen LogP contribution in [-0.4, -0.2) is 42.8 Å². The third-order valence-corrected chi connectivity index (χ3v) is 1.44. The Labute approximate surface area is 73.6 Å². The van der Waals surface area contributed by atoms with Gasteiger partial charge in [0, 0.05) is 12.5 Å². The zero-order valence-corrected chi connectivity index (χ0v) is 8.16. The fraction of sp³-hybridized carbons (Fsp3) is 0.875. The summed E-state index contributed by atoms with van der Waals surface area (Å²) in [5, 5.41) is 11.3. The van der Waals surface area contributed by atoms with Gasteiger partial charge in [0.05, 0.1) is 0 Å². The molecule has 0 aromatic heterocycles. The molecule has 0 aliphatic heterocycles. The fourth-order valence-electron chi connectivity index (χ4n) is 0.979. The van der Waals surface area contributed by atoms with E-state index in [1.165, 1.54) is 6.92 Å². The molecule has 0 fully saturated rings. The molecule has 0 heterocycles. The lowest BCUT2D eigenvalue weighted by Crippen LogP contribution is -2.39. The number of rotatable bonds is 4. The molecule has 0 aromatic carbocycles. The molecule has 4 heteroatoms. The van der Waals surface area contributed by atoms with Crippen LogP contribution >= 0.6 is 0 Å². The Balaban J connectivity index is 3.77. The lowest BCUT2D eigenvalue weighted by molar-refractivity contribution is -0.127. The van der Waals surface area contributed by atoms with Crippen molar-refractivity contribution >= 4 is 5.91 Å². The number of hydrogen-bond donors (Lipinski definition) is 2. The number of nitrogens with zero attached hydrogens (tertiary/aromatic N) is 1. The molecule has 0 rings (SSSR count). The fourth-order valence-corrected chi connectivity index (χ4v) is 0.979. The summed E-state index contributed by atoms with van der Waals surface area (Å²) in [7, 11) is 3.82. The van der Waals surface area contributed by atoms with E-state index < -0.39 is 6.23 Å². The molecule has 2 N–H and O–H groups in total. The number of aliphatic hydroxyl groups excluding tert-OH is 1. The Bertz CT molecular complexity index is 146. The predicted octanol–water partition coefficient (Wildman–Crippen LogP) is -0.361. The van der Waals surface area contributed by atoms with E-state index >= 15 is 0 Å². The number of aliphatic hydroxyl groups is 1. The third kappa shape index (κ3) is 5.09. The predicted molar refractivity (Wildman–Crippen MR) is 47.5 cm³/mol. The molecule has 0 spiro atoms. The van der Waals surface area contributed by atoms with E-state index in [0.717, 1.165) is 0 Å². The van der Waals surface area contributed by atoms with Crippen molar-refractivity contribution in [3.05, 3.63) is 0 Å². The molecule has 2 unspecified atom stereocenters. The van der Waals surface area contributed by atoms with Crippen LogP contribution in [0.1, 0.15) is 13.8 Å². The highest BCUT2D eigenvalue weighted by atomic mass is 16.3. The highest BCUT2D eigenvalue weighted by Crippen LogP contribution is 1.96. The first-order chi connectivity index (χ1) is 5.43. The summed E-state index contributed by atoms with van der Waals surface area (Å²) in [5.41, 5.74) is 0. The SMILES string of the molecule is CC(O)NC(=O)C(C)CN(C)C. The molecular formula is C8H18N2O2. The molecule has 4 nitrogen and oxygen atoms in total. The first kappa shape index (κ1) is 11.4. The Hall–Kier alpha value is -0.610. The molecule has 2 atom stereocenters. The van der Waals surface area contributed by atoms with Crippen LogP contribution in [0.25, 0.3) is 0 Å². The van der Waals surface area contributed by atoms with Crippen LogP contribution in [0.15, 0.2) is 0 Å². The van der Waals surface area contributed by atoms with Crippen LogP contribution in [0.3, 0.4) is 0 Å². The van der Waals surface area contributed by atoms with E-state index in [1.54, 1.807) is 0 Å². The van der Waals surface area contributed by atoms with Gasteiger partial charge in [-0.15, -0.1) is 0 Å². The smallest absolute Gasteiger partial charge is 0.226 e. The minimum Gasteiger partial charge on any atom is -0.374 e. The van der Waals surface area contributed by atoms with E-state index in [1.807, 2.05) is 25.9 Å². The normalized spacial score (nSPS) is 15.8. The van der Waals surface area contributed by atoms with E-state index in [9.17, 15) is 4.79 Å². The number of carbonyl (C=O) groups is 1. The second-order valence-electron chi connectivity index (χ2n) is 3.35. The largest absolute Gasteiger partial charge is 0.374 e. The Kier molecular flexibility index (Phi) is 4.85. The number of carbonyl (C=O) groups excluding carboxylic acids is 1. The summed E-state index contributed by atoms with van der Waals surface area (Å²) in [4.78, 5) is 13.1. The topological polar surface area (TPSA) is 52.6 Å². The van der Waals surface area contributed by atoms with Crippen molar-refractivity contribution in [2.75, 3.05) is 20.6 Å². The van der Waals surface area contributed by atoms with Crippen LogP contribution < -0.4 is 5.32 Å². The minimum atomic E-state index is -0.762. The van der Waals surface area contributed by atoms with Crippen molar-refractivity contribution in [1.29, 1.82) is 0 Å². The number of hydrogen-bond acceptors (Lipinski definition) is 3. The maximum atomic E-state index is 11.2. The maximum Gasteiger partial charge on any atom is 0.226 e. The molecule has 0 aliphatic carbocycles. The molecule has 0 saturated carbocycles. The molecule has 0 bridgehead atoms. The second kappa shape index (κ2) is 5.11. The molecule has 1 amide bonds. The Morgan fingerprint density at radius 1 is 1.50 bits per heavy atom. The maximum absolute atomic E-state index is 11.2. The third-order valence-electron chi connectivity index (χ3n) is 1.44. The summed E-state index contributed by atoms with van der Waals surface area (Å²) in [6, 6.07) is 0. The van der Waals surface area contributed by atoms with Crippen LogP contribution in [0.2, 0.25) is 0 Å². The van der Waals surface area contributed by atoms with Crippen LogP contribution in [0.4, 0.5) is 0 Å². The van der Waals surface area contributed by atoms with Crippen molar-refractivity contribution in [3.8, 4) is 0 Å². The Morgan fingerprint density at radius 3 is 2.33 bits per heavy atom. The lowest BCUT2D eigenvalue weighted by atomic mass is 10.1. The van der Waals surface area contributed by atoms with Crippen molar-refractivity contribution in [1.82, 2.24) is 10.2 Å². The number of amides is 1. The van der Waals surface area contributed by atoms with E-state index in [0.29, 0.717) is 6.54 Å². The van der Waals surface area contributed by atoms with Gasteiger partial charge in [-0.25, -0.2) is 0 Å². The molecule has 12 heavy (non-hydrogen) atoms. The molecule has 0 saturated heterocycles. The van der Waals surface area contributed by atoms with Gasteiger partial charge in [0.2, 0.25) is 5.91 Å². The van der Waals surface area contributed by atoms with Crippen LogP contribution in [0, 0.1) is 5.92 Å². The summed E-state index contributed by atoms with van der Waals surface area (Å²) >= 11 is 0. The van der Waals surface area contributed by atoms with Crippen LogP contribution in [-0.2, 0) is 4.79 Å². The van der Waals surface area contributed by atoms with Crippen LogP contribution in [0.5, 0.6) is 0 Å². The van der Waals surface area contributed by atoms with Gasteiger partial charge in [-0.2, -0.15) is 0 Å². The summed E-state index contributed by atoms with van der Waals surface area (Å²) in [6.45, 7) is 4.05. The Morgan fingerprint density at radius 2 is 2.00 bits per heavy atom. The van der Waals surface area contributed by atoms with Gasteiger partial charge >= 0.3 is 0 Å². The summed E-state index contributed by atoms with van der Waals surface area (Å²) in [5.74, 6) is -0.201. The van der Waals surface area contributed by atoms with Gasteiger partial charge in [-0.3, -0.25) is 4.79 Å². The standard InChI is InChI=1S/C8H18N2O2/c1-6(5-10(3)4)8(12)9-7(2)11/h6-7,11H,5H2,1-4H3,(H,9,12). The van der Waals surface area contributed by atoms with E-state index in [4.69, 9.17) is 5.11 Å². The van der Waals surface area contributed by atoms with Crippen molar-refractivity contribution < 1.29 is 9.90 Å². The molecule has 0 radical (unpaired) electrons. The molecule has 0 aliphatic rings. The molecule has 72 valence electrons. The summed E-state index contributed by atoms with van der Waals surface area (Å²) in [6.07, 6.45) is -0.762. The number of nitrogens with one attached hydrogen (secondary N) is 1. The first-order valence-electron chi connectivity index (χ1n) is 4.06. The highest BCUT2D eigenvalue weighted by molar-refractivity contribution is 5.78. The van der Waals surface area contributed by atoms with Gasteiger partial charge in [-0.1, -0.05) is 6.92 Å². The quantitative estimate of drug-likeness (QED) is 0.572. The van der Waals surface area contributed by atoms with Gasteiger partial charge < -0.3 is 15.3 Å². The summed E-state index contributed by atoms with van der Waals surface area (Å²) < 4.78 is 0. The zero-order valence-electron chi connectivity index (χ0n) is 8.16. The zero-order chi connectivity index (χ0) is 9.72. The highest BCUT2D eigenvalue weighted by Gasteiger charge is 2.14. The van der Waals surface area contributed by atoms with Gasteiger partial charge in [0.1, 0.15) is 6.23 Å². The van der Waals surface area contributed by atoms with Crippen molar-refractivity contribution in [3.63, 3.8) is 0 Å². The van der Waals surface area contributed by atoms with E-state index in [-0.39, 0.29) is 11.8 Å².